The van der Waals surface area contributed by atoms with Crippen molar-refractivity contribution in [2.24, 2.45) is 0 Å². The Morgan fingerprint density at radius 1 is 1.33 bits per heavy atom. The van der Waals surface area contributed by atoms with Crippen molar-refractivity contribution in [3.05, 3.63) is 16.1 Å². The SMILES string of the molecule is Cc1ncsc1CNC(CO)(CO)CO. The van der Waals surface area contributed by atoms with E-state index in [9.17, 15) is 0 Å². The van der Waals surface area contributed by atoms with Crippen molar-refractivity contribution in [2.45, 2.75) is 19.0 Å². The van der Waals surface area contributed by atoms with Crippen LogP contribution < -0.4 is 5.32 Å². The molecule has 0 atom stereocenters. The number of thiazole rings is 1. The quantitative estimate of drug-likeness (QED) is 0.519. The Balaban J connectivity index is 2.58. The number of rotatable bonds is 6. The first-order valence-electron chi connectivity index (χ1n) is 4.64. The monoisotopic (exact) mass is 232 g/mol. The summed E-state index contributed by atoms with van der Waals surface area (Å²) in [6, 6.07) is 0. The zero-order chi connectivity index (χ0) is 11.3. The molecule has 1 heterocycles. The molecular weight excluding hydrogens is 216 g/mol. The first kappa shape index (κ1) is 12.5. The van der Waals surface area contributed by atoms with Gasteiger partial charge in [0, 0.05) is 11.4 Å². The molecule has 4 N–H and O–H groups in total. The Bertz CT molecular complexity index is 291. The standard InChI is InChI=1S/C9H16N2O3S/c1-7-8(15-6-10-7)2-11-9(3-12,4-13)5-14/h6,11-14H,2-5H2,1H3. The molecule has 0 unspecified atom stereocenters. The maximum absolute atomic E-state index is 9.08. The molecule has 0 amide bonds. The summed E-state index contributed by atoms with van der Waals surface area (Å²) < 4.78 is 0. The molecule has 1 aromatic heterocycles. The molecule has 0 aromatic carbocycles. The predicted molar refractivity (Wildman–Crippen MR) is 57.7 cm³/mol. The molecular formula is C9H16N2O3S. The minimum Gasteiger partial charge on any atom is -0.394 e. The number of nitrogens with zero attached hydrogens (tertiary/aromatic N) is 1. The Kier molecular flexibility index (Phi) is 4.62. The summed E-state index contributed by atoms with van der Waals surface area (Å²) in [5.41, 5.74) is 1.65. The number of hydrogen-bond acceptors (Lipinski definition) is 6. The zero-order valence-corrected chi connectivity index (χ0v) is 9.42. The van der Waals surface area contributed by atoms with E-state index in [1.165, 1.54) is 11.3 Å². The molecule has 0 fully saturated rings. The molecule has 86 valence electrons. The van der Waals surface area contributed by atoms with Crippen LogP contribution in [0, 0.1) is 6.92 Å². The summed E-state index contributed by atoms with van der Waals surface area (Å²) in [5.74, 6) is 0. The molecule has 0 aliphatic heterocycles. The third-order valence-electron chi connectivity index (χ3n) is 2.38. The second kappa shape index (κ2) is 5.53. The van der Waals surface area contributed by atoms with Crippen LogP contribution in [0.1, 0.15) is 10.6 Å². The summed E-state index contributed by atoms with van der Waals surface area (Å²) in [6.07, 6.45) is 0. The first-order valence-corrected chi connectivity index (χ1v) is 5.52. The van der Waals surface area contributed by atoms with Gasteiger partial charge in [0.2, 0.25) is 0 Å². The molecule has 0 bridgehead atoms. The van der Waals surface area contributed by atoms with E-state index in [1.807, 2.05) is 6.92 Å². The minimum absolute atomic E-state index is 0.308. The first-order chi connectivity index (χ1) is 7.17. The summed E-state index contributed by atoms with van der Waals surface area (Å²) in [4.78, 5) is 5.12. The molecule has 0 aliphatic carbocycles. The molecule has 0 saturated carbocycles. The van der Waals surface area contributed by atoms with Gasteiger partial charge in [-0.15, -0.1) is 11.3 Å². The second-order valence-corrected chi connectivity index (χ2v) is 4.41. The average Bonchev–Trinajstić information content (AvgIpc) is 2.67. The predicted octanol–water partition coefficient (Wildman–Crippen LogP) is -0.743. The van der Waals surface area contributed by atoms with E-state index in [0.29, 0.717) is 6.54 Å². The van der Waals surface area contributed by atoms with Crippen LogP contribution in [0.5, 0.6) is 0 Å². The van der Waals surface area contributed by atoms with Crippen molar-refractivity contribution in [3.8, 4) is 0 Å². The Hall–Kier alpha value is -0.530. The number of aryl methyl sites for hydroxylation is 1. The number of aromatic nitrogens is 1. The fourth-order valence-corrected chi connectivity index (χ4v) is 1.80. The lowest BCUT2D eigenvalue weighted by atomic mass is 10.0. The highest BCUT2D eigenvalue weighted by molar-refractivity contribution is 7.09. The van der Waals surface area contributed by atoms with Gasteiger partial charge >= 0.3 is 0 Å². The summed E-state index contributed by atoms with van der Waals surface area (Å²) >= 11 is 1.50. The van der Waals surface area contributed by atoms with Gasteiger partial charge in [0.15, 0.2) is 0 Å². The third kappa shape index (κ3) is 2.96. The smallest absolute Gasteiger partial charge is 0.0884 e. The van der Waals surface area contributed by atoms with Crippen molar-refractivity contribution in [1.29, 1.82) is 0 Å². The van der Waals surface area contributed by atoms with Crippen LogP contribution in [0.25, 0.3) is 0 Å². The summed E-state index contributed by atoms with van der Waals surface area (Å²) in [6.45, 7) is 1.46. The van der Waals surface area contributed by atoms with E-state index in [-0.39, 0.29) is 19.8 Å². The molecule has 1 rings (SSSR count). The van der Waals surface area contributed by atoms with E-state index < -0.39 is 5.54 Å². The Morgan fingerprint density at radius 2 is 1.93 bits per heavy atom. The van der Waals surface area contributed by atoms with Gasteiger partial charge in [0.1, 0.15) is 0 Å². The van der Waals surface area contributed by atoms with Gasteiger partial charge in [-0.05, 0) is 6.92 Å². The molecule has 6 heteroatoms. The topological polar surface area (TPSA) is 85.6 Å². The largest absolute Gasteiger partial charge is 0.394 e. The summed E-state index contributed by atoms with van der Waals surface area (Å²) in [5, 5.41) is 30.2. The van der Waals surface area contributed by atoms with Gasteiger partial charge < -0.3 is 20.6 Å². The molecule has 15 heavy (non-hydrogen) atoms. The van der Waals surface area contributed by atoms with E-state index in [4.69, 9.17) is 15.3 Å². The molecule has 0 spiro atoms. The van der Waals surface area contributed by atoms with Crippen molar-refractivity contribution in [1.82, 2.24) is 10.3 Å². The van der Waals surface area contributed by atoms with Gasteiger partial charge in [0.25, 0.3) is 0 Å². The van der Waals surface area contributed by atoms with Crippen LogP contribution >= 0.6 is 11.3 Å². The van der Waals surface area contributed by atoms with E-state index in [0.717, 1.165) is 10.6 Å². The average molecular weight is 232 g/mol. The fourth-order valence-electron chi connectivity index (χ4n) is 1.08. The molecule has 1 aromatic rings. The Morgan fingerprint density at radius 3 is 2.33 bits per heavy atom. The second-order valence-electron chi connectivity index (χ2n) is 3.47. The van der Waals surface area contributed by atoms with E-state index in [1.54, 1.807) is 5.51 Å². The van der Waals surface area contributed by atoms with Crippen molar-refractivity contribution in [2.75, 3.05) is 19.8 Å². The number of hydrogen-bond donors (Lipinski definition) is 4. The van der Waals surface area contributed by atoms with Gasteiger partial charge in [-0.2, -0.15) is 0 Å². The van der Waals surface area contributed by atoms with Gasteiger partial charge in [-0.1, -0.05) is 0 Å². The van der Waals surface area contributed by atoms with Gasteiger partial charge in [-0.3, -0.25) is 0 Å². The maximum atomic E-state index is 9.08. The minimum atomic E-state index is -1.02. The Labute approximate surface area is 92.4 Å². The van der Waals surface area contributed by atoms with Gasteiger partial charge in [0.05, 0.1) is 36.6 Å². The molecule has 5 nitrogen and oxygen atoms in total. The normalized spacial score (nSPS) is 12.0. The van der Waals surface area contributed by atoms with Gasteiger partial charge in [-0.25, -0.2) is 4.98 Å². The van der Waals surface area contributed by atoms with Crippen LogP contribution in [0.2, 0.25) is 0 Å². The highest BCUT2D eigenvalue weighted by Gasteiger charge is 2.27. The highest BCUT2D eigenvalue weighted by atomic mass is 32.1. The molecule has 0 aliphatic rings. The van der Waals surface area contributed by atoms with Crippen LogP contribution in [-0.4, -0.2) is 45.7 Å². The van der Waals surface area contributed by atoms with E-state index >= 15 is 0 Å². The van der Waals surface area contributed by atoms with Crippen LogP contribution in [0.3, 0.4) is 0 Å². The van der Waals surface area contributed by atoms with Crippen molar-refractivity contribution >= 4 is 11.3 Å². The number of aliphatic hydroxyl groups excluding tert-OH is 3. The summed E-state index contributed by atoms with van der Waals surface area (Å²) in [7, 11) is 0. The fraction of sp³-hybridized carbons (Fsp3) is 0.667. The zero-order valence-electron chi connectivity index (χ0n) is 8.60. The number of nitrogens with one attached hydrogen (secondary N) is 1. The van der Waals surface area contributed by atoms with Crippen molar-refractivity contribution < 1.29 is 15.3 Å². The van der Waals surface area contributed by atoms with Crippen LogP contribution in [0.15, 0.2) is 5.51 Å². The maximum Gasteiger partial charge on any atom is 0.0884 e. The van der Waals surface area contributed by atoms with E-state index in [2.05, 4.69) is 10.3 Å². The number of aliphatic hydroxyl groups is 3. The lowest BCUT2D eigenvalue weighted by molar-refractivity contribution is 0.0415. The molecule has 0 radical (unpaired) electrons. The van der Waals surface area contributed by atoms with Crippen LogP contribution in [0.4, 0.5) is 0 Å². The lowest BCUT2D eigenvalue weighted by Crippen LogP contribution is -2.54. The lowest BCUT2D eigenvalue weighted by Gasteiger charge is -2.28. The highest BCUT2D eigenvalue weighted by Crippen LogP contribution is 2.13. The molecule has 0 saturated heterocycles. The van der Waals surface area contributed by atoms with Crippen LogP contribution in [-0.2, 0) is 6.54 Å². The van der Waals surface area contributed by atoms with Crippen molar-refractivity contribution in [3.63, 3.8) is 0 Å². The third-order valence-corrected chi connectivity index (χ3v) is 3.31.